The predicted octanol–water partition coefficient (Wildman–Crippen LogP) is 8.17. The Morgan fingerprint density at radius 1 is 0.613 bits per heavy atom. The highest BCUT2D eigenvalue weighted by molar-refractivity contribution is 5.88. The number of rotatable bonds is 3. The van der Waals surface area contributed by atoms with Gasteiger partial charge in [0.15, 0.2) is 0 Å². The molecule has 4 aromatic rings. The van der Waals surface area contributed by atoms with Crippen molar-refractivity contribution >= 4 is 10.8 Å². The van der Waals surface area contributed by atoms with Gasteiger partial charge in [-0.25, -0.2) is 13.2 Å². The molecule has 0 heterocycles. The maximum absolute atomic E-state index is 14.8. The molecule has 0 amide bonds. The molecule has 6 heteroatoms. The summed E-state index contributed by atoms with van der Waals surface area (Å²) in [7, 11) is 0. The molecule has 0 radical (unpaired) electrons. The van der Waals surface area contributed by atoms with Gasteiger partial charge in [0.2, 0.25) is 0 Å². The van der Waals surface area contributed by atoms with E-state index >= 15 is 0 Å². The Balaban J connectivity index is 1.73. The molecule has 0 saturated carbocycles. The summed E-state index contributed by atoms with van der Waals surface area (Å²) in [4.78, 5) is 0. The van der Waals surface area contributed by atoms with Crippen LogP contribution >= 0.6 is 0 Å². The molecule has 0 aliphatic heterocycles. The summed E-state index contributed by atoms with van der Waals surface area (Å²) in [6, 6.07) is 16.8. The minimum atomic E-state index is -5.18. The van der Waals surface area contributed by atoms with Gasteiger partial charge in [0.1, 0.15) is 23.0 Å². The number of hydrogen-bond acceptors (Lipinski definition) is 0. The first-order valence-electron chi connectivity index (χ1n) is 9.56. The summed E-state index contributed by atoms with van der Waals surface area (Å²) < 4.78 is 80.8. The lowest BCUT2D eigenvalue weighted by atomic mass is 9.96. The van der Waals surface area contributed by atoms with Crippen LogP contribution < -0.4 is 0 Å². The molecule has 0 N–H and O–H groups in total. The predicted molar refractivity (Wildman–Crippen MR) is 109 cm³/mol. The molecule has 0 atom stereocenters. The van der Waals surface area contributed by atoms with Crippen LogP contribution in [0.3, 0.4) is 0 Å². The molecule has 0 unspecified atom stereocenters. The zero-order valence-electron chi connectivity index (χ0n) is 16.3. The van der Waals surface area contributed by atoms with Gasteiger partial charge in [-0.3, -0.25) is 0 Å². The van der Waals surface area contributed by atoms with Crippen LogP contribution in [-0.4, -0.2) is 0 Å². The summed E-state index contributed by atoms with van der Waals surface area (Å²) in [5, 5.41) is 2.03. The first-order valence-corrected chi connectivity index (χ1v) is 9.56. The van der Waals surface area contributed by atoms with Gasteiger partial charge in [-0.1, -0.05) is 49.4 Å². The summed E-state index contributed by atoms with van der Waals surface area (Å²) in [5.74, 6) is -4.36. The topological polar surface area (TPSA) is 0 Å². The number of hydrogen-bond donors (Lipinski definition) is 0. The van der Waals surface area contributed by atoms with Gasteiger partial charge < -0.3 is 0 Å². The number of alkyl halides is 3. The second-order valence-corrected chi connectivity index (χ2v) is 7.26. The number of benzene rings is 4. The number of aryl methyl sites for hydroxylation is 1. The van der Waals surface area contributed by atoms with Crippen LogP contribution in [0.4, 0.5) is 26.3 Å². The Labute approximate surface area is 174 Å². The summed E-state index contributed by atoms with van der Waals surface area (Å²) in [5.41, 5.74) is -0.00816. The molecular formula is C25H16F6. The largest absolute Gasteiger partial charge is 0.422 e. The molecule has 31 heavy (non-hydrogen) atoms. The highest BCUT2D eigenvalue weighted by Crippen LogP contribution is 2.37. The fourth-order valence-corrected chi connectivity index (χ4v) is 3.62. The second-order valence-electron chi connectivity index (χ2n) is 7.26. The van der Waals surface area contributed by atoms with Gasteiger partial charge in [-0.2, -0.15) is 13.2 Å². The van der Waals surface area contributed by atoms with Crippen molar-refractivity contribution in [1.29, 1.82) is 0 Å². The lowest BCUT2D eigenvalue weighted by molar-refractivity contribution is -0.142. The maximum atomic E-state index is 14.8. The van der Waals surface area contributed by atoms with Crippen molar-refractivity contribution in [2.24, 2.45) is 0 Å². The van der Waals surface area contributed by atoms with Crippen LogP contribution in [0.2, 0.25) is 0 Å². The van der Waals surface area contributed by atoms with E-state index in [1.807, 2.05) is 30.3 Å². The van der Waals surface area contributed by atoms with Crippen molar-refractivity contribution in [1.82, 2.24) is 0 Å². The van der Waals surface area contributed by atoms with E-state index < -0.39 is 29.2 Å². The van der Waals surface area contributed by atoms with Crippen LogP contribution in [-0.2, 0) is 12.6 Å². The quantitative estimate of drug-likeness (QED) is 0.288. The monoisotopic (exact) mass is 430 g/mol. The lowest BCUT2D eigenvalue weighted by Crippen LogP contribution is -2.11. The average Bonchev–Trinajstić information content (AvgIpc) is 2.71. The number of fused-ring (bicyclic) bond motifs is 1. The molecule has 0 bridgehead atoms. The van der Waals surface area contributed by atoms with Crippen molar-refractivity contribution in [3.63, 3.8) is 0 Å². The Bertz CT molecular complexity index is 1260. The smallest absolute Gasteiger partial charge is 0.206 e. The van der Waals surface area contributed by atoms with E-state index in [2.05, 4.69) is 13.0 Å². The minimum absolute atomic E-state index is 0.191. The van der Waals surface area contributed by atoms with E-state index in [9.17, 15) is 26.3 Å². The third kappa shape index (κ3) is 4.02. The van der Waals surface area contributed by atoms with E-state index in [0.717, 1.165) is 22.8 Å². The Morgan fingerprint density at radius 2 is 1.16 bits per heavy atom. The third-order valence-corrected chi connectivity index (χ3v) is 5.25. The molecule has 4 rings (SSSR count). The second kappa shape index (κ2) is 7.76. The highest BCUT2D eigenvalue weighted by Gasteiger charge is 2.38. The first kappa shape index (κ1) is 21.0. The van der Waals surface area contributed by atoms with Crippen molar-refractivity contribution in [2.75, 3.05) is 0 Å². The van der Waals surface area contributed by atoms with Crippen LogP contribution in [0.5, 0.6) is 0 Å². The molecule has 0 aromatic heterocycles. The molecule has 4 aromatic carbocycles. The molecular weight excluding hydrogens is 414 g/mol. The van der Waals surface area contributed by atoms with Crippen molar-refractivity contribution < 1.29 is 26.3 Å². The fourth-order valence-electron chi connectivity index (χ4n) is 3.62. The normalized spacial score (nSPS) is 11.8. The first-order chi connectivity index (χ1) is 14.7. The van der Waals surface area contributed by atoms with Gasteiger partial charge >= 0.3 is 6.18 Å². The molecule has 0 aliphatic carbocycles. The summed E-state index contributed by atoms with van der Waals surface area (Å²) in [6.07, 6.45) is -4.27. The van der Waals surface area contributed by atoms with Crippen LogP contribution in [0.15, 0.2) is 66.7 Å². The molecule has 158 valence electrons. The minimum Gasteiger partial charge on any atom is -0.206 e. The van der Waals surface area contributed by atoms with Crippen LogP contribution in [0.25, 0.3) is 33.0 Å². The van der Waals surface area contributed by atoms with Gasteiger partial charge in [-0.15, -0.1) is 0 Å². The molecule has 0 saturated heterocycles. The van der Waals surface area contributed by atoms with Crippen molar-refractivity contribution in [3.05, 3.63) is 95.3 Å². The molecule has 0 spiro atoms. The van der Waals surface area contributed by atoms with Crippen molar-refractivity contribution in [3.8, 4) is 22.3 Å². The van der Waals surface area contributed by atoms with E-state index in [-0.39, 0.29) is 11.1 Å². The zero-order valence-corrected chi connectivity index (χ0v) is 16.3. The summed E-state index contributed by atoms with van der Waals surface area (Å²) in [6.45, 7) is 2.06. The molecule has 0 fully saturated rings. The van der Waals surface area contributed by atoms with E-state index in [4.69, 9.17) is 0 Å². The van der Waals surface area contributed by atoms with Crippen LogP contribution in [0.1, 0.15) is 18.1 Å². The third-order valence-electron chi connectivity index (χ3n) is 5.25. The standard InChI is InChI=1S/C25H16F6/c1-2-14-3-4-16-10-17(6-5-15(16)9-14)18-7-8-20(21(26)11-18)19-12-22(27)24(23(28)13-19)25(29,30)31/h3-13H,2H2,1H3. The van der Waals surface area contributed by atoms with Crippen molar-refractivity contribution in [2.45, 2.75) is 19.5 Å². The van der Waals surface area contributed by atoms with Gasteiger partial charge in [0.25, 0.3) is 0 Å². The maximum Gasteiger partial charge on any atom is 0.422 e. The highest BCUT2D eigenvalue weighted by atomic mass is 19.4. The molecule has 0 nitrogen and oxygen atoms in total. The fraction of sp³-hybridized carbons (Fsp3) is 0.120. The van der Waals surface area contributed by atoms with Crippen LogP contribution in [0, 0.1) is 17.5 Å². The SMILES string of the molecule is CCc1ccc2cc(-c3ccc(-c4cc(F)c(C(F)(F)F)c(F)c4)c(F)c3)ccc2c1. The average molecular weight is 430 g/mol. The van der Waals surface area contributed by atoms with Gasteiger partial charge in [0.05, 0.1) is 0 Å². The van der Waals surface area contributed by atoms with Gasteiger partial charge in [-0.05, 0) is 63.7 Å². The Morgan fingerprint density at radius 3 is 1.77 bits per heavy atom. The van der Waals surface area contributed by atoms with Gasteiger partial charge in [0, 0.05) is 5.56 Å². The van der Waals surface area contributed by atoms with E-state index in [1.54, 1.807) is 6.07 Å². The van der Waals surface area contributed by atoms with E-state index in [0.29, 0.717) is 17.7 Å². The van der Waals surface area contributed by atoms with E-state index in [1.165, 1.54) is 17.7 Å². The number of halogens is 6. The molecule has 0 aliphatic rings. The zero-order chi connectivity index (χ0) is 22.3. The Hall–Kier alpha value is -3.28. The Kier molecular flexibility index (Phi) is 5.25. The lowest BCUT2D eigenvalue weighted by Gasteiger charge is -2.12. The summed E-state index contributed by atoms with van der Waals surface area (Å²) >= 11 is 0.